The second-order valence-corrected chi connectivity index (χ2v) is 12.9. The van der Waals surface area contributed by atoms with Crippen LogP contribution in [0.4, 0.5) is 13.2 Å². The highest BCUT2D eigenvalue weighted by Crippen LogP contribution is 2.40. The summed E-state index contributed by atoms with van der Waals surface area (Å²) >= 11 is 0. The van der Waals surface area contributed by atoms with Gasteiger partial charge in [-0.3, -0.25) is 4.79 Å². The van der Waals surface area contributed by atoms with Gasteiger partial charge in [0.2, 0.25) is 0 Å². The zero-order chi connectivity index (χ0) is 27.8. The number of piperidine rings is 1. The molecule has 38 heavy (non-hydrogen) atoms. The van der Waals surface area contributed by atoms with Crippen LogP contribution in [0.25, 0.3) is 0 Å². The van der Waals surface area contributed by atoms with Crippen LogP contribution in [-0.2, 0) is 29.0 Å². The first-order chi connectivity index (χ1) is 17.7. The maximum atomic E-state index is 13.8. The quantitative estimate of drug-likeness (QED) is 0.446. The molecule has 0 atom stereocenters. The lowest BCUT2D eigenvalue weighted by atomic mass is 9.94. The monoisotopic (exact) mass is 578 g/mol. The molecule has 0 radical (unpaired) electrons. The van der Waals surface area contributed by atoms with Crippen LogP contribution in [0, 0.1) is 0 Å². The van der Waals surface area contributed by atoms with Crippen LogP contribution in [-0.4, -0.2) is 64.1 Å². The van der Waals surface area contributed by atoms with Gasteiger partial charge in [-0.2, -0.15) is 8.42 Å². The minimum Gasteiger partial charge on any atom is -0.457 e. The number of carbonyl (C=O) groups is 1. The number of ether oxygens (including phenoxy) is 2. The Morgan fingerprint density at radius 1 is 0.921 bits per heavy atom. The number of benzene rings is 2. The average Bonchev–Trinajstić information content (AvgIpc) is 3.68. The Morgan fingerprint density at radius 3 is 1.89 bits per heavy atom. The highest BCUT2D eigenvalue weighted by Gasteiger charge is 2.54. The normalized spacial score (nSPS) is 18.5. The Morgan fingerprint density at radius 2 is 1.42 bits per heavy atom. The number of alkyl halides is 3. The minimum absolute atomic E-state index is 0.0601. The number of hydrogen-bond acceptors (Lipinski definition) is 9. The van der Waals surface area contributed by atoms with Gasteiger partial charge in [-0.15, -0.1) is 17.5 Å². The fourth-order valence-corrected chi connectivity index (χ4v) is 6.45. The Kier molecular flexibility index (Phi) is 7.67. The lowest BCUT2D eigenvalue weighted by Crippen LogP contribution is -2.58. The summed E-state index contributed by atoms with van der Waals surface area (Å²) in [5.74, 6) is -1.13. The Hall–Kier alpha value is -2.88. The van der Waals surface area contributed by atoms with Crippen molar-refractivity contribution in [2.75, 3.05) is 19.3 Å². The third-order valence-corrected chi connectivity index (χ3v) is 9.21. The summed E-state index contributed by atoms with van der Waals surface area (Å²) in [7, 11) is -8.40. The molecule has 15 heteroatoms. The van der Waals surface area contributed by atoms with Gasteiger partial charge in [0.1, 0.15) is 17.2 Å². The predicted octanol–water partition coefficient (Wildman–Crippen LogP) is 3.16. The third kappa shape index (κ3) is 6.57. The van der Waals surface area contributed by atoms with Crippen LogP contribution in [0.3, 0.4) is 0 Å². The van der Waals surface area contributed by atoms with Crippen molar-refractivity contribution in [2.45, 2.75) is 47.7 Å². The summed E-state index contributed by atoms with van der Waals surface area (Å²) < 4.78 is 99.1. The smallest absolute Gasteiger partial charge is 0.457 e. The molecule has 1 saturated heterocycles. The van der Waals surface area contributed by atoms with E-state index in [1.807, 2.05) is 0 Å². The van der Waals surface area contributed by atoms with Crippen molar-refractivity contribution in [1.82, 2.24) is 10.4 Å². The van der Waals surface area contributed by atoms with E-state index in [0.29, 0.717) is 19.1 Å². The lowest BCUT2D eigenvalue weighted by Gasteiger charge is -2.39. The van der Waals surface area contributed by atoms with E-state index in [-0.39, 0.29) is 29.2 Å². The van der Waals surface area contributed by atoms with E-state index < -0.39 is 42.7 Å². The summed E-state index contributed by atoms with van der Waals surface area (Å²) in [4.78, 5) is 15.0. The number of sulfone groups is 1. The first-order valence-corrected chi connectivity index (χ1v) is 14.8. The molecule has 0 spiro atoms. The van der Waals surface area contributed by atoms with E-state index in [1.54, 1.807) is 5.48 Å². The summed E-state index contributed by atoms with van der Waals surface area (Å²) in [6.45, 7) is 0.677. The number of hydrogen-bond donors (Lipinski definition) is 1. The van der Waals surface area contributed by atoms with E-state index in [4.69, 9.17) is 4.74 Å². The highest BCUT2D eigenvalue weighted by molar-refractivity contribution is 7.93. The van der Waals surface area contributed by atoms with Crippen molar-refractivity contribution in [1.29, 1.82) is 0 Å². The number of halogens is 3. The molecular formula is C23H25F3N2O8S2. The van der Waals surface area contributed by atoms with Gasteiger partial charge in [0.25, 0.3) is 16.0 Å². The SMILES string of the molecule is CS(=O)(=O)ONC(=O)C1(S(=O)(=O)c2ccc(Oc3ccc(OC(F)(F)F)cc3)cc2)CCN(C2CC2)CC1. The standard InChI is InChI=1S/C23H25F3N2O8S2/c1-37(30,31)36-27-21(29)22(12-14-28(15-13-22)16-2-3-16)38(32,33)20-10-8-18(9-11-20)34-17-4-6-19(7-5-17)35-23(24,25)26/h4-11,16H,2-3,12-15H2,1H3,(H,27,29). The zero-order valence-corrected chi connectivity index (χ0v) is 21.7. The van der Waals surface area contributed by atoms with Gasteiger partial charge < -0.3 is 14.4 Å². The summed E-state index contributed by atoms with van der Waals surface area (Å²) in [6.07, 6.45) is -2.22. The molecule has 4 rings (SSSR count). The molecule has 1 saturated carbocycles. The van der Waals surface area contributed by atoms with Gasteiger partial charge in [0, 0.05) is 19.1 Å². The van der Waals surface area contributed by atoms with Crippen LogP contribution in [0.2, 0.25) is 0 Å². The maximum Gasteiger partial charge on any atom is 0.573 e. The van der Waals surface area contributed by atoms with Crippen LogP contribution >= 0.6 is 0 Å². The number of carbonyl (C=O) groups excluding carboxylic acids is 1. The Bertz CT molecular complexity index is 1370. The molecule has 2 aromatic carbocycles. The number of nitrogens with zero attached hydrogens (tertiary/aromatic N) is 1. The molecule has 0 aromatic heterocycles. The first-order valence-electron chi connectivity index (χ1n) is 11.5. The van der Waals surface area contributed by atoms with E-state index in [0.717, 1.165) is 31.2 Å². The molecule has 0 bridgehead atoms. The van der Waals surface area contributed by atoms with E-state index in [1.165, 1.54) is 36.4 Å². The topological polar surface area (TPSA) is 128 Å². The van der Waals surface area contributed by atoms with Gasteiger partial charge in [0.15, 0.2) is 14.6 Å². The Labute approximate surface area is 217 Å². The van der Waals surface area contributed by atoms with E-state index >= 15 is 0 Å². The van der Waals surface area contributed by atoms with Gasteiger partial charge in [-0.05, 0) is 74.2 Å². The average molecular weight is 579 g/mol. The first kappa shape index (κ1) is 28.1. The predicted molar refractivity (Wildman–Crippen MR) is 127 cm³/mol. The number of rotatable bonds is 9. The van der Waals surface area contributed by atoms with Crippen LogP contribution < -0.4 is 15.0 Å². The zero-order valence-electron chi connectivity index (χ0n) is 20.1. The molecule has 2 aromatic rings. The van der Waals surface area contributed by atoms with Gasteiger partial charge in [-0.1, -0.05) is 0 Å². The molecule has 0 unspecified atom stereocenters. The second-order valence-electron chi connectivity index (χ2n) is 9.08. The molecule has 1 aliphatic heterocycles. The molecule has 1 heterocycles. The third-order valence-electron chi connectivity index (χ3n) is 6.31. The summed E-state index contributed by atoms with van der Waals surface area (Å²) in [6, 6.07) is 10.2. The second kappa shape index (κ2) is 10.4. The molecule has 1 aliphatic carbocycles. The largest absolute Gasteiger partial charge is 0.573 e. The fourth-order valence-electron chi connectivity index (χ4n) is 4.27. The maximum absolute atomic E-state index is 13.8. The van der Waals surface area contributed by atoms with E-state index in [2.05, 4.69) is 13.9 Å². The fraction of sp³-hybridized carbons (Fsp3) is 0.435. The minimum atomic E-state index is -4.83. The molecule has 208 valence electrons. The van der Waals surface area contributed by atoms with Crippen LogP contribution in [0.1, 0.15) is 25.7 Å². The summed E-state index contributed by atoms with van der Waals surface area (Å²) in [5.41, 5.74) is 1.80. The number of likely N-dealkylation sites (tertiary alicyclic amines) is 1. The number of amides is 1. The van der Waals surface area contributed by atoms with Crippen molar-refractivity contribution in [3.63, 3.8) is 0 Å². The van der Waals surface area contributed by atoms with E-state index in [9.17, 15) is 34.8 Å². The molecule has 1 amide bonds. The lowest BCUT2D eigenvalue weighted by molar-refractivity contribution is -0.274. The molecule has 1 N–H and O–H groups in total. The van der Waals surface area contributed by atoms with Crippen molar-refractivity contribution in [3.8, 4) is 17.2 Å². The van der Waals surface area contributed by atoms with Gasteiger partial charge in [0.05, 0.1) is 11.2 Å². The summed E-state index contributed by atoms with van der Waals surface area (Å²) in [5, 5.41) is 0. The number of hydroxylamine groups is 1. The van der Waals surface area contributed by atoms with Crippen molar-refractivity contribution in [2.24, 2.45) is 0 Å². The molecule has 2 aliphatic rings. The highest BCUT2D eigenvalue weighted by atomic mass is 32.2. The molecule has 10 nitrogen and oxygen atoms in total. The van der Waals surface area contributed by atoms with Crippen LogP contribution in [0.15, 0.2) is 53.4 Å². The molecular weight excluding hydrogens is 553 g/mol. The van der Waals surface area contributed by atoms with Gasteiger partial charge in [-0.25, -0.2) is 13.9 Å². The van der Waals surface area contributed by atoms with Crippen molar-refractivity contribution in [3.05, 3.63) is 48.5 Å². The van der Waals surface area contributed by atoms with Gasteiger partial charge >= 0.3 is 6.36 Å². The van der Waals surface area contributed by atoms with Crippen LogP contribution in [0.5, 0.6) is 17.2 Å². The van der Waals surface area contributed by atoms with Crippen molar-refractivity contribution < 1.29 is 48.6 Å². The molecule has 2 fully saturated rings. The van der Waals surface area contributed by atoms with Crippen molar-refractivity contribution >= 4 is 25.9 Å². The Balaban J connectivity index is 1.53. The number of nitrogens with one attached hydrogen (secondary N) is 1.